The quantitative estimate of drug-likeness (QED) is 0.520. The van der Waals surface area contributed by atoms with E-state index >= 15 is 0 Å². The van der Waals surface area contributed by atoms with E-state index < -0.39 is 11.6 Å². The van der Waals surface area contributed by atoms with Crippen LogP contribution in [0.4, 0.5) is 0 Å². The zero-order valence-electron chi connectivity index (χ0n) is 19.0. The average molecular weight is 419 g/mol. The number of esters is 1. The second-order valence-electron chi connectivity index (χ2n) is 9.19. The van der Waals surface area contributed by atoms with Crippen LogP contribution < -0.4 is 9.47 Å². The van der Waals surface area contributed by atoms with Crippen molar-refractivity contribution in [3.63, 3.8) is 0 Å². The third kappa shape index (κ3) is 4.72. The standard InChI is InChI=1S/C23H34N2O5/c1-22(2,3)30-21(26)15-29-24-17-9-10-23(11-12-25(4)20(23)14-17)16-7-8-18(27-5)19(13-16)28-6/h7-8,13,20H,9-12,14-15H2,1-6H3/b24-17+. The predicted octanol–water partition coefficient (Wildman–Crippen LogP) is 3.54. The molecule has 1 heterocycles. The van der Waals surface area contributed by atoms with Crippen LogP contribution in [-0.2, 0) is 19.8 Å². The highest BCUT2D eigenvalue weighted by Crippen LogP contribution is 2.49. The minimum absolute atomic E-state index is 0.0541. The van der Waals surface area contributed by atoms with Crippen LogP contribution in [0.1, 0.15) is 52.0 Å². The van der Waals surface area contributed by atoms with E-state index in [-0.39, 0.29) is 12.0 Å². The first-order valence-corrected chi connectivity index (χ1v) is 10.5. The lowest BCUT2D eigenvalue weighted by Crippen LogP contribution is -2.46. The van der Waals surface area contributed by atoms with Gasteiger partial charge in [-0.1, -0.05) is 11.2 Å². The van der Waals surface area contributed by atoms with Gasteiger partial charge in [-0.2, -0.15) is 0 Å². The van der Waals surface area contributed by atoms with Crippen LogP contribution in [0.25, 0.3) is 0 Å². The number of carbonyl (C=O) groups is 1. The number of fused-ring (bicyclic) bond motifs is 1. The first kappa shape index (κ1) is 22.4. The third-order valence-corrected chi connectivity index (χ3v) is 6.12. The van der Waals surface area contributed by atoms with Crippen LogP contribution in [0, 0.1) is 0 Å². The summed E-state index contributed by atoms with van der Waals surface area (Å²) in [5.74, 6) is 1.10. The molecule has 1 saturated carbocycles. The number of hydrogen-bond acceptors (Lipinski definition) is 7. The number of likely N-dealkylation sites (N-methyl/N-ethyl adjacent to an activating group) is 1. The van der Waals surface area contributed by atoms with Gasteiger partial charge >= 0.3 is 5.97 Å². The molecule has 166 valence electrons. The van der Waals surface area contributed by atoms with Crippen molar-refractivity contribution in [1.29, 1.82) is 0 Å². The Balaban J connectivity index is 1.72. The molecule has 1 aliphatic carbocycles. The molecule has 2 atom stereocenters. The Labute approximate surface area is 179 Å². The Morgan fingerprint density at radius 2 is 1.93 bits per heavy atom. The van der Waals surface area contributed by atoms with Crippen molar-refractivity contribution < 1.29 is 23.8 Å². The van der Waals surface area contributed by atoms with Crippen LogP contribution in [0.2, 0.25) is 0 Å². The van der Waals surface area contributed by atoms with E-state index in [4.69, 9.17) is 19.0 Å². The van der Waals surface area contributed by atoms with E-state index in [9.17, 15) is 4.79 Å². The van der Waals surface area contributed by atoms with Gasteiger partial charge in [-0.15, -0.1) is 0 Å². The second kappa shape index (κ2) is 8.84. The number of rotatable bonds is 6. The molecule has 0 bridgehead atoms. The third-order valence-electron chi connectivity index (χ3n) is 6.12. The molecule has 2 aliphatic rings. The number of ether oxygens (including phenoxy) is 3. The Hall–Kier alpha value is -2.28. The highest BCUT2D eigenvalue weighted by Gasteiger charge is 2.50. The Morgan fingerprint density at radius 1 is 1.20 bits per heavy atom. The number of methoxy groups -OCH3 is 2. The van der Waals surface area contributed by atoms with Crippen molar-refractivity contribution in [3.05, 3.63) is 23.8 Å². The maximum atomic E-state index is 11.8. The number of nitrogens with zero attached hydrogens (tertiary/aromatic N) is 2. The van der Waals surface area contributed by atoms with Crippen molar-refractivity contribution in [2.75, 3.05) is 34.4 Å². The smallest absolute Gasteiger partial charge is 0.347 e. The molecule has 0 spiro atoms. The first-order chi connectivity index (χ1) is 14.2. The van der Waals surface area contributed by atoms with Gasteiger partial charge in [-0.25, -0.2) is 4.79 Å². The van der Waals surface area contributed by atoms with Gasteiger partial charge in [0.1, 0.15) is 5.60 Å². The van der Waals surface area contributed by atoms with Gasteiger partial charge in [0.2, 0.25) is 6.61 Å². The van der Waals surface area contributed by atoms with E-state index in [2.05, 4.69) is 29.2 Å². The van der Waals surface area contributed by atoms with Gasteiger partial charge in [-0.3, -0.25) is 0 Å². The molecule has 30 heavy (non-hydrogen) atoms. The normalized spacial score (nSPS) is 25.7. The largest absolute Gasteiger partial charge is 0.493 e. The molecule has 1 aromatic rings. The minimum atomic E-state index is -0.524. The van der Waals surface area contributed by atoms with Gasteiger partial charge < -0.3 is 23.9 Å². The number of carbonyl (C=O) groups excluding carboxylic acids is 1. The SMILES string of the molecule is COc1ccc(C23CC/C(=N\OCC(=O)OC(C)(C)C)CC2N(C)CC3)cc1OC. The summed E-state index contributed by atoms with van der Waals surface area (Å²) in [5, 5.41) is 4.28. The molecule has 0 N–H and O–H groups in total. The fourth-order valence-electron chi connectivity index (χ4n) is 4.71. The maximum absolute atomic E-state index is 11.8. The number of hydrogen-bond donors (Lipinski definition) is 0. The second-order valence-corrected chi connectivity index (χ2v) is 9.19. The summed E-state index contributed by atoms with van der Waals surface area (Å²) in [6.07, 6.45) is 3.73. The summed E-state index contributed by atoms with van der Waals surface area (Å²) in [6.45, 7) is 6.37. The zero-order valence-corrected chi connectivity index (χ0v) is 19.0. The van der Waals surface area contributed by atoms with Crippen LogP contribution in [0.5, 0.6) is 11.5 Å². The first-order valence-electron chi connectivity index (χ1n) is 10.5. The highest BCUT2D eigenvalue weighted by molar-refractivity contribution is 5.86. The summed E-state index contributed by atoms with van der Waals surface area (Å²) in [6, 6.07) is 6.60. The van der Waals surface area contributed by atoms with Gasteiger partial charge in [0.15, 0.2) is 11.5 Å². The van der Waals surface area contributed by atoms with E-state index in [0.717, 1.165) is 49.4 Å². The van der Waals surface area contributed by atoms with Crippen molar-refractivity contribution >= 4 is 11.7 Å². The van der Waals surface area contributed by atoms with Crippen molar-refractivity contribution in [2.24, 2.45) is 5.16 Å². The molecule has 7 nitrogen and oxygen atoms in total. The minimum Gasteiger partial charge on any atom is -0.493 e. The molecule has 3 rings (SSSR count). The van der Waals surface area contributed by atoms with Gasteiger partial charge in [0.25, 0.3) is 0 Å². The predicted molar refractivity (Wildman–Crippen MR) is 115 cm³/mol. The number of likely N-dealkylation sites (tertiary alicyclic amines) is 1. The summed E-state index contributed by atoms with van der Waals surface area (Å²) in [4.78, 5) is 19.6. The Morgan fingerprint density at radius 3 is 2.60 bits per heavy atom. The molecule has 1 aliphatic heterocycles. The van der Waals surface area contributed by atoms with E-state index in [1.807, 2.05) is 26.8 Å². The van der Waals surface area contributed by atoms with Crippen molar-refractivity contribution in [2.45, 2.75) is 63.5 Å². The summed E-state index contributed by atoms with van der Waals surface area (Å²) >= 11 is 0. The van der Waals surface area contributed by atoms with Crippen LogP contribution >= 0.6 is 0 Å². The molecule has 7 heteroatoms. The van der Waals surface area contributed by atoms with E-state index in [1.165, 1.54) is 5.56 Å². The molecular weight excluding hydrogens is 384 g/mol. The molecule has 1 aromatic carbocycles. The Bertz CT molecular complexity index is 801. The van der Waals surface area contributed by atoms with E-state index in [1.54, 1.807) is 14.2 Å². The topological polar surface area (TPSA) is 69.6 Å². The van der Waals surface area contributed by atoms with Crippen LogP contribution in [0.15, 0.2) is 23.4 Å². The molecule has 0 amide bonds. The van der Waals surface area contributed by atoms with Crippen LogP contribution in [0.3, 0.4) is 0 Å². The van der Waals surface area contributed by atoms with Gasteiger partial charge in [-0.05, 0) is 71.3 Å². The van der Waals surface area contributed by atoms with Gasteiger partial charge in [0.05, 0.1) is 19.9 Å². The maximum Gasteiger partial charge on any atom is 0.347 e. The molecule has 2 unspecified atom stereocenters. The highest BCUT2D eigenvalue weighted by atomic mass is 16.7. The monoisotopic (exact) mass is 418 g/mol. The lowest BCUT2D eigenvalue weighted by Gasteiger charge is -2.42. The van der Waals surface area contributed by atoms with Crippen molar-refractivity contribution in [1.82, 2.24) is 4.90 Å². The number of oxime groups is 1. The van der Waals surface area contributed by atoms with Crippen molar-refractivity contribution in [3.8, 4) is 11.5 Å². The summed E-state index contributed by atoms with van der Waals surface area (Å²) in [5.41, 5.74) is 1.80. The molecule has 2 fully saturated rings. The lowest BCUT2D eigenvalue weighted by atomic mass is 9.65. The lowest BCUT2D eigenvalue weighted by molar-refractivity contribution is -0.160. The average Bonchev–Trinajstić information content (AvgIpc) is 3.03. The fourth-order valence-corrected chi connectivity index (χ4v) is 4.71. The summed E-state index contributed by atoms with van der Waals surface area (Å²) < 4.78 is 16.2. The molecule has 1 saturated heterocycles. The summed E-state index contributed by atoms with van der Waals surface area (Å²) in [7, 11) is 5.49. The fraction of sp³-hybridized carbons (Fsp3) is 0.652. The van der Waals surface area contributed by atoms with E-state index in [0.29, 0.717) is 6.04 Å². The molecular formula is C23H34N2O5. The zero-order chi connectivity index (χ0) is 21.9. The molecule has 0 aromatic heterocycles. The van der Waals surface area contributed by atoms with Gasteiger partial charge in [0, 0.05) is 17.9 Å². The molecule has 0 radical (unpaired) electrons. The van der Waals surface area contributed by atoms with Crippen LogP contribution in [-0.4, -0.2) is 62.6 Å². The number of benzene rings is 1. The Kier molecular flexibility index (Phi) is 6.60.